The number of H-pyrrole nitrogens is 2. The molecule has 0 aliphatic rings. The van der Waals surface area contributed by atoms with E-state index in [0.29, 0.717) is 27.4 Å². The van der Waals surface area contributed by atoms with Gasteiger partial charge in [0, 0.05) is 11.6 Å². The number of hydrogen-bond acceptors (Lipinski definition) is 4. The normalized spacial score (nSPS) is 11.1. The molecular formula is C14H9ClN6O. The molecule has 0 fully saturated rings. The lowest BCUT2D eigenvalue weighted by Gasteiger charge is -2.06. The van der Waals surface area contributed by atoms with Crippen LogP contribution in [0.5, 0.6) is 0 Å². The average molecular weight is 313 g/mol. The Bertz CT molecular complexity index is 1000. The van der Waals surface area contributed by atoms with Crippen molar-refractivity contribution in [2.75, 3.05) is 5.32 Å². The third kappa shape index (κ3) is 1.91. The van der Waals surface area contributed by atoms with Crippen molar-refractivity contribution < 1.29 is 4.79 Å². The van der Waals surface area contributed by atoms with Gasteiger partial charge in [0.05, 0.1) is 27.8 Å². The van der Waals surface area contributed by atoms with E-state index in [4.69, 9.17) is 11.6 Å². The molecule has 3 aromatic heterocycles. The third-order valence-electron chi connectivity index (χ3n) is 3.36. The van der Waals surface area contributed by atoms with Gasteiger partial charge in [0.15, 0.2) is 5.65 Å². The standard InChI is InChI=1S/C14H9ClN6O/c15-11-8-6-17-19-9(8)3-4-10(11)18-14(22)12-7-2-1-5-16-13(7)21-20-12/h1-6H,(H,17,19)(H,18,22)(H,16,20,21). The molecule has 3 N–H and O–H groups in total. The molecule has 0 aliphatic carbocycles. The van der Waals surface area contributed by atoms with E-state index in [1.165, 1.54) is 0 Å². The summed E-state index contributed by atoms with van der Waals surface area (Å²) in [5, 5.41) is 18.1. The van der Waals surface area contributed by atoms with Crippen LogP contribution in [0.1, 0.15) is 10.5 Å². The molecule has 4 aromatic rings. The summed E-state index contributed by atoms with van der Waals surface area (Å²) in [6.07, 6.45) is 3.23. The monoisotopic (exact) mass is 312 g/mol. The van der Waals surface area contributed by atoms with E-state index in [1.807, 2.05) is 0 Å². The third-order valence-corrected chi connectivity index (χ3v) is 3.77. The zero-order valence-electron chi connectivity index (χ0n) is 11.1. The Morgan fingerprint density at radius 1 is 1.18 bits per heavy atom. The Labute approximate surface area is 128 Å². The first-order valence-electron chi connectivity index (χ1n) is 6.46. The zero-order valence-corrected chi connectivity index (χ0v) is 11.8. The fourth-order valence-electron chi connectivity index (χ4n) is 2.29. The number of benzene rings is 1. The number of pyridine rings is 1. The predicted molar refractivity (Wildman–Crippen MR) is 82.9 cm³/mol. The maximum atomic E-state index is 12.4. The second-order valence-corrected chi connectivity index (χ2v) is 5.06. The summed E-state index contributed by atoms with van der Waals surface area (Å²) < 4.78 is 0. The van der Waals surface area contributed by atoms with E-state index in [2.05, 4.69) is 30.7 Å². The fourth-order valence-corrected chi connectivity index (χ4v) is 2.55. The molecule has 8 heteroatoms. The molecule has 108 valence electrons. The summed E-state index contributed by atoms with van der Waals surface area (Å²) in [6, 6.07) is 7.05. The smallest absolute Gasteiger partial charge is 0.274 e. The number of aromatic amines is 2. The quantitative estimate of drug-likeness (QED) is 0.530. The van der Waals surface area contributed by atoms with E-state index in [0.717, 1.165) is 10.9 Å². The lowest BCUT2D eigenvalue weighted by molar-refractivity contribution is 0.102. The highest BCUT2D eigenvalue weighted by atomic mass is 35.5. The van der Waals surface area contributed by atoms with Gasteiger partial charge in [-0.1, -0.05) is 11.6 Å². The molecule has 0 saturated heterocycles. The molecule has 0 saturated carbocycles. The lowest BCUT2D eigenvalue weighted by atomic mass is 10.2. The molecule has 0 atom stereocenters. The maximum absolute atomic E-state index is 12.4. The molecule has 0 aliphatic heterocycles. The van der Waals surface area contributed by atoms with Crippen molar-refractivity contribution in [1.29, 1.82) is 0 Å². The molecule has 0 radical (unpaired) electrons. The zero-order chi connectivity index (χ0) is 15.1. The molecule has 0 spiro atoms. The van der Waals surface area contributed by atoms with Crippen LogP contribution in [0.3, 0.4) is 0 Å². The van der Waals surface area contributed by atoms with E-state index in [-0.39, 0.29) is 5.91 Å². The minimum absolute atomic E-state index is 0.333. The van der Waals surface area contributed by atoms with Crippen molar-refractivity contribution in [1.82, 2.24) is 25.4 Å². The second-order valence-electron chi connectivity index (χ2n) is 4.69. The highest BCUT2D eigenvalue weighted by Gasteiger charge is 2.16. The Kier molecular flexibility index (Phi) is 2.80. The van der Waals surface area contributed by atoms with Crippen LogP contribution in [0.2, 0.25) is 5.02 Å². The number of carbonyl (C=O) groups is 1. The van der Waals surface area contributed by atoms with Gasteiger partial charge in [-0.25, -0.2) is 4.98 Å². The van der Waals surface area contributed by atoms with Crippen molar-refractivity contribution >= 4 is 45.1 Å². The van der Waals surface area contributed by atoms with E-state index in [9.17, 15) is 4.79 Å². The molecule has 22 heavy (non-hydrogen) atoms. The van der Waals surface area contributed by atoms with Gasteiger partial charge < -0.3 is 5.32 Å². The summed E-state index contributed by atoms with van der Waals surface area (Å²) in [6.45, 7) is 0. The number of rotatable bonds is 2. The van der Waals surface area contributed by atoms with Gasteiger partial charge in [-0.05, 0) is 24.3 Å². The topological polar surface area (TPSA) is 99.3 Å². The Hall–Kier alpha value is -2.93. The number of amides is 1. The number of nitrogens with one attached hydrogen (secondary N) is 3. The van der Waals surface area contributed by atoms with Crippen molar-refractivity contribution in [3.05, 3.63) is 47.4 Å². The number of aromatic nitrogens is 5. The molecule has 0 unspecified atom stereocenters. The van der Waals surface area contributed by atoms with Gasteiger partial charge in [0.1, 0.15) is 5.69 Å². The van der Waals surface area contributed by atoms with Crippen LogP contribution in [0.15, 0.2) is 36.7 Å². The fraction of sp³-hybridized carbons (Fsp3) is 0. The number of carbonyl (C=O) groups excluding carboxylic acids is 1. The summed E-state index contributed by atoms with van der Waals surface area (Å²) in [5.41, 5.74) is 2.14. The van der Waals surface area contributed by atoms with Crippen LogP contribution < -0.4 is 5.32 Å². The van der Waals surface area contributed by atoms with Crippen molar-refractivity contribution in [3.8, 4) is 0 Å². The van der Waals surface area contributed by atoms with Gasteiger partial charge in [-0.3, -0.25) is 15.0 Å². The molecule has 1 aromatic carbocycles. The van der Waals surface area contributed by atoms with Crippen molar-refractivity contribution in [2.45, 2.75) is 0 Å². The largest absolute Gasteiger partial charge is 0.319 e. The van der Waals surface area contributed by atoms with Crippen LogP contribution in [0.4, 0.5) is 5.69 Å². The Morgan fingerprint density at radius 3 is 3.00 bits per heavy atom. The van der Waals surface area contributed by atoms with Gasteiger partial charge in [0.25, 0.3) is 5.91 Å². The highest BCUT2D eigenvalue weighted by Crippen LogP contribution is 2.30. The first-order chi connectivity index (χ1) is 10.7. The molecule has 4 rings (SSSR count). The van der Waals surface area contributed by atoms with Crippen LogP contribution >= 0.6 is 11.6 Å². The number of halogens is 1. The average Bonchev–Trinajstić information content (AvgIpc) is 3.16. The number of anilines is 1. The summed E-state index contributed by atoms with van der Waals surface area (Å²) in [4.78, 5) is 16.5. The second kappa shape index (κ2) is 4.81. The minimum atomic E-state index is -0.333. The SMILES string of the molecule is O=C(Nc1ccc2[nH]ncc2c1Cl)c1[nH]nc2ncccc12. The van der Waals surface area contributed by atoms with Gasteiger partial charge >= 0.3 is 0 Å². The van der Waals surface area contributed by atoms with Crippen molar-refractivity contribution in [3.63, 3.8) is 0 Å². The number of fused-ring (bicyclic) bond motifs is 2. The van der Waals surface area contributed by atoms with E-state index in [1.54, 1.807) is 36.7 Å². The first kappa shape index (κ1) is 12.8. The summed E-state index contributed by atoms with van der Waals surface area (Å²) >= 11 is 6.29. The van der Waals surface area contributed by atoms with Gasteiger partial charge in [-0.15, -0.1) is 0 Å². The molecule has 1 amide bonds. The summed E-state index contributed by atoms with van der Waals surface area (Å²) in [7, 11) is 0. The molecule has 0 bridgehead atoms. The Balaban J connectivity index is 1.72. The first-order valence-corrected chi connectivity index (χ1v) is 6.84. The molecular weight excluding hydrogens is 304 g/mol. The van der Waals surface area contributed by atoms with Crippen molar-refractivity contribution in [2.24, 2.45) is 0 Å². The Morgan fingerprint density at radius 2 is 2.09 bits per heavy atom. The highest BCUT2D eigenvalue weighted by molar-refractivity contribution is 6.38. The van der Waals surface area contributed by atoms with E-state index < -0.39 is 0 Å². The van der Waals surface area contributed by atoms with Crippen LogP contribution in [0.25, 0.3) is 21.9 Å². The minimum Gasteiger partial charge on any atom is -0.319 e. The van der Waals surface area contributed by atoms with Gasteiger partial charge in [-0.2, -0.15) is 10.2 Å². The number of hydrogen-bond donors (Lipinski definition) is 3. The molecule has 3 heterocycles. The maximum Gasteiger partial charge on any atom is 0.274 e. The molecule has 7 nitrogen and oxygen atoms in total. The predicted octanol–water partition coefficient (Wildman–Crippen LogP) is 2.74. The van der Waals surface area contributed by atoms with E-state index >= 15 is 0 Å². The summed E-state index contributed by atoms with van der Waals surface area (Å²) in [5.74, 6) is -0.333. The van der Waals surface area contributed by atoms with Crippen LogP contribution in [-0.4, -0.2) is 31.3 Å². The lowest BCUT2D eigenvalue weighted by Crippen LogP contribution is -2.13. The van der Waals surface area contributed by atoms with Gasteiger partial charge in [0.2, 0.25) is 0 Å². The van der Waals surface area contributed by atoms with Crippen LogP contribution in [-0.2, 0) is 0 Å². The number of nitrogens with zero attached hydrogens (tertiary/aromatic N) is 3. The van der Waals surface area contributed by atoms with Crippen LogP contribution in [0, 0.1) is 0 Å².